The van der Waals surface area contributed by atoms with Crippen molar-refractivity contribution < 1.29 is 5.11 Å². The first kappa shape index (κ1) is 9.12. The summed E-state index contributed by atoms with van der Waals surface area (Å²) in [5.74, 6) is 0. The van der Waals surface area contributed by atoms with Gasteiger partial charge in [0.15, 0.2) is 0 Å². The van der Waals surface area contributed by atoms with Crippen LogP contribution in [-0.4, -0.2) is 22.7 Å². The van der Waals surface area contributed by atoms with Crippen molar-refractivity contribution in [3.63, 3.8) is 0 Å². The van der Waals surface area contributed by atoms with E-state index in [-0.39, 0.29) is 12.1 Å². The summed E-state index contributed by atoms with van der Waals surface area (Å²) in [6, 6.07) is 0.231. The van der Waals surface area contributed by atoms with Crippen LogP contribution in [0.4, 0.5) is 0 Å². The molecule has 2 N–H and O–H groups in total. The minimum Gasteiger partial charge on any atom is -0.386 e. The summed E-state index contributed by atoms with van der Waals surface area (Å²) in [6.45, 7) is 1.03. The summed E-state index contributed by atoms with van der Waals surface area (Å²) in [5.41, 5.74) is 1.77. The molecular formula is C9H14N2OS. The van der Waals surface area contributed by atoms with Gasteiger partial charge in [-0.1, -0.05) is 6.42 Å². The van der Waals surface area contributed by atoms with E-state index in [1.807, 2.05) is 0 Å². The number of thiazole rings is 1. The third-order valence-corrected chi connectivity index (χ3v) is 3.32. The van der Waals surface area contributed by atoms with Crippen molar-refractivity contribution >= 4 is 11.3 Å². The smallest absolute Gasteiger partial charge is 0.105 e. The van der Waals surface area contributed by atoms with Gasteiger partial charge in [0.25, 0.3) is 0 Å². The van der Waals surface area contributed by atoms with Gasteiger partial charge in [0.2, 0.25) is 0 Å². The minimum atomic E-state index is -0.368. The normalized spacial score (nSPS) is 25.8. The van der Waals surface area contributed by atoms with Crippen molar-refractivity contribution in [2.24, 2.45) is 0 Å². The largest absolute Gasteiger partial charge is 0.386 e. The monoisotopic (exact) mass is 198 g/mol. The molecule has 0 aromatic carbocycles. The minimum absolute atomic E-state index is 0.231. The van der Waals surface area contributed by atoms with Crippen LogP contribution in [0.3, 0.4) is 0 Å². The van der Waals surface area contributed by atoms with E-state index in [1.165, 1.54) is 24.2 Å². The highest BCUT2D eigenvalue weighted by Crippen LogP contribution is 2.24. The number of hydrogen-bond acceptors (Lipinski definition) is 4. The van der Waals surface area contributed by atoms with Crippen molar-refractivity contribution in [1.82, 2.24) is 10.3 Å². The maximum atomic E-state index is 9.94. The lowest BCUT2D eigenvalue weighted by Crippen LogP contribution is -2.38. The summed E-state index contributed by atoms with van der Waals surface area (Å²) < 4.78 is 0. The van der Waals surface area contributed by atoms with Crippen LogP contribution in [-0.2, 0) is 0 Å². The second kappa shape index (κ2) is 4.17. The standard InChI is InChI=1S/C9H14N2OS/c12-9(8-5-10-6-13-8)7-3-1-2-4-11-7/h5-7,9,11-12H,1-4H2. The fourth-order valence-electron chi connectivity index (χ4n) is 1.72. The maximum absolute atomic E-state index is 9.94. The Balaban J connectivity index is 1.99. The molecule has 1 aromatic heterocycles. The molecule has 2 unspecified atom stereocenters. The van der Waals surface area contributed by atoms with Crippen LogP contribution in [0, 0.1) is 0 Å². The van der Waals surface area contributed by atoms with Gasteiger partial charge in [-0.25, -0.2) is 0 Å². The van der Waals surface area contributed by atoms with E-state index in [4.69, 9.17) is 0 Å². The van der Waals surface area contributed by atoms with Crippen molar-refractivity contribution in [3.8, 4) is 0 Å². The van der Waals surface area contributed by atoms with Gasteiger partial charge in [-0.15, -0.1) is 11.3 Å². The fourth-order valence-corrected chi connectivity index (χ4v) is 2.39. The van der Waals surface area contributed by atoms with E-state index >= 15 is 0 Å². The number of aromatic nitrogens is 1. The van der Waals surface area contributed by atoms with Gasteiger partial charge >= 0.3 is 0 Å². The number of nitrogens with zero attached hydrogens (tertiary/aromatic N) is 1. The van der Waals surface area contributed by atoms with Crippen molar-refractivity contribution in [2.75, 3.05) is 6.54 Å². The quantitative estimate of drug-likeness (QED) is 0.753. The first-order valence-electron chi connectivity index (χ1n) is 4.68. The average molecular weight is 198 g/mol. The van der Waals surface area contributed by atoms with E-state index in [1.54, 1.807) is 11.7 Å². The Labute approximate surface area is 81.8 Å². The molecule has 0 saturated carbocycles. The van der Waals surface area contributed by atoms with E-state index in [0.29, 0.717) is 0 Å². The van der Waals surface area contributed by atoms with Crippen molar-refractivity contribution in [2.45, 2.75) is 31.4 Å². The number of rotatable bonds is 2. The second-order valence-electron chi connectivity index (χ2n) is 3.41. The molecule has 0 spiro atoms. The molecule has 13 heavy (non-hydrogen) atoms. The van der Waals surface area contributed by atoms with Gasteiger partial charge in [-0.05, 0) is 19.4 Å². The number of hydrogen-bond donors (Lipinski definition) is 2. The Morgan fingerprint density at radius 2 is 2.54 bits per heavy atom. The Morgan fingerprint density at radius 3 is 3.15 bits per heavy atom. The summed E-state index contributed by atoms with van der Waals surface area (Å²) in [5, 5.41) is 13.3. The lowest BCUT2D eigenvalue weighted by molar-refractivity contribution is 0.117. The Bertz CT molecular complexity index is 244. The van der Waals surface area contributed by atoms with Crippen LogP contribution in [0.5, 0.6) is 0 Å². The predicted molar refractivity (Wildman–Crippen MR) is 52.7 cm³/mol. The predicted octanol–water partition coefficient (Wildman–Crippen LogP) is 1.32. The molecular weight excluding hydrogens is 184 g/mol. The molecule has 0 bridgehead atoms. The number of piperidine rings is 1. The van der Waals surface area contributed by atoms with Crippen LogP contribution in [0.2, 0.25) is 0 Å². The highest BCUT2D eigenvalue weighted by atomic mass is 32.1. The molecule has 0 aliphatic carbocycles. The number of nitrogens with one attached hydrogen (secondary N) is 1. The first-order chi connectivity index (χ1) is 6.38. The molecule has 0 radical (unpaired) electrons. The summed E-state index contributed by atoms with van der Waals surface area (Å²) >= 11 is 1.52. The van der Waals surface area contributed by atoms with Crippen LogP contribution in [0.15, 0.2) is 11.7 Å². The highest BCUT2D eigenvalue weighted by molar-refractivity contribution is 7.09. The molecule has 2 atom stereocenters. The second-order valence-corrected chi connectivity index (χ2v) is 4.32. The topological polar surface area (TPSA) is 45.2 Å². The molecule has 4 heteroatoms. The molecule has 0 amide bonds. The van der Waals surface area contributed by atoms with Gasteiger partial charge in [-0.2, -0.15) is 0 Å². The van der Waals surface area contributed by atoms with Crippen molar-refractivity contribution in [3.05, 3.63) is 16.6 Å². The molecule has 1 saturated heterocycles. The molecule has 2 rings (SSSR count). The first-order valence-corrected chi connectivity index (χ1v) is 5.56. The van der Waals surface area contributed by atoms with E-state index in [2.05, 4.69) is 10.3 Å². The maximum Gasteiger partial charge on any atom is 0.105 e. The number of aliphatic hydroxyl groups excluding tert-OH is 1. The van der Waals surface area contributed by atoms with E-state index < -0.39 is 0 Å². The zero-order chi connectivity index (χ0) is 9.10. The lowest BCUT2D eigenvalue weighted by Gasteiger charge is -2.27. The van der Waals surface area contributed by atoms with E-state index in [0.717, 1.165) is 17.8 Å². The zero-order valence-electron chi connectivity index (χ0n) is 7.44. The van der Waals surface area contributed by atoms with Crippen LogP contribution >= 0.6 is 11.3 Å². The van der Waals surface area contributed by atoms with Crippen LogP contribution < -0.4 is 5.32 Å². The molecule has 3 nitrogen and oxygen atoms in total. The van der Waals surface area contributed by atoms with Gasteiger partial charge in [0.05, 0.1) is 10.4 Å². The molecule has 1 fully saturated rings. The van der Waals surface area contributed by atoms with Gasteiger partial charge < -0.3 is 10.4 Å². The van der Waals surface area contributed by atoms with Gasteiger partial charge in [0.1, 0.15) is 6.10 Å². The fraction of sp³-hybridized carbons (Fsp3) is 0.667. The molecule has 72 valence electrons. The van der Waals surface area contributed by atoms with Gasteiger partial charge in [0, 0.05) is 12.2 Å². The third kappa shape index (κ3) is 2.07. The van der Waals surface area contributed by atoms with Crippen molar-refractivity contribution in [1.29, 1.82) is 0 Å². The van der Waals surface area contributed by atoms with Gasteiger partial charge in [-0.3, -0.25) is 4.98 Å². The summed E-state index contributed by atoms with van der Waals surface area (Å²) in [6.07, 6.45) is 4.90. The SMILES string of the molecule is OC(c1cncs1)C1CCCCN1. The Morgan fingerprint density at radius 1 is 1.62 bits per heavy atom. The summed E-state index contributed by atoms with van der Waals surface area (Å²) in [7, 11) is 0. The van der Waals surface area contributed by atoms with E-state index in [9.17, 15) is 5.11 Å². The van der Waals surface area contributed by atoms with Crippen LogP contribution in [0.1, 0.15) is 30.2 Å². The van der Waals surface area contributed by atoms with Crippen LogP contribution in [0.25, 0.3) is 0 Å². The molecule has 1 aliphatic rings. The highest BCUT2D eigenvalue weighted by Gasteiger charge is 2.23. The summed E-state index contributed by atoms with van der Waals surface area (Å²) in [4.78, 5) is 4.94. The lowest BCUT2D eigenvalue weighted by atomic mass is 9.99. The zero-order valence-corrected chi connectivity index (χ0v) is 8.26. The molecule has 2 heterocycles. The average Bonchev–Trinajstić information content (AvgIpc) is 2.71. The Kier molecular flexibility index (Phi) is 2.93. The Hall–Kier alpha value is -0.450. The molecule has 1 aromatic rings. The third-order valence-electron chi connectivity index (χ3n) is 2.47. The molecule has 1 aliphatic heterocycles. The number of aliphatic hydroxyl groups is 1.